The molecule has 4 aliphatic carbocycles. The normalized spacial score (nSPS) is 46.8. The van der Waals surface area contributed by atoms with Gasteiger partial charge in [0.1, 0.15) is 0 Å². The van der Waals surface area contributed by atoms with Crippen LogP contribution in [0.15, 0.2) is 0 Å². The quantitative estimate of drug-likeness (QED) is 0.853. The first kappa shape index (κ1) is 13.5. The first-order valence-corrected chi connectivity index (χ1v) is 8.72. The molecule has 5 fully saturated rings. The summed E-state index contributed by atoms with van der Waals surface area (Å²) in [6, 6.07) is 0. The van der Waals surface area contributed by atoms with Crippen LogP contribution in [0.5, 0.6) is 0 Å². The molecule has 3 nitrogen and oxygen atoms in total. The van der Waals surface area contributed by atoms with Crippen LogP contribution in [0.2, 0.25) is 0 Å². The third-order valence-corrected chi connectivity index (χ3v) is 6.82. The Labute approximate surface area is 123 Å². The Morgan fingerprint density at radius 3 is 1.95 bits per heavy atom. The molecule has 0 amide bonds. The van der Waals surface area contributed by atoms with Crippen molar-refractivity contribution in [3.05, 3.63) is 0 Å². The fourth-order valence-corrected chi connectivity index (χ4v) is 6.05. The molecule has 1 saturated heterocycles. The minimum absolute atomic E-state index is 0.0701. The van der Waals surface area contributed by atoms with Gasteiger partial charge in [0, 0.05) is 32.7 Å². The predicted octanol–water partition coefficient (Wildman–Crippen LogP) is 1.81. The number of aliphatic hydroxyl groups is 1. The zero-order valence-electron chi connectivity index (χ0n) is 12.9. The molecule has 0 aromatic rings. The summed E-state index contributed by atoms with van der Waals surface area (Å²) in [4.78, 5) is 4.90. The number of hydrogen-bond donors (Lipinski definition) is 1. The lowest BCUT2D eigenvalue weighted by atomic mass is 9.48. The molecule has 114 valence electrons. The zero-order valence-corrected chi connectivity index (χ0v) is 12.9. The summed E-state index contributed by atoms with van der Waals surface area (Å²) in [7, 11) is 2.20. The van der Waals surface area contributed by atoms with Gasteiger partial charge < -0.3 is 10.0 Å². The maximum absolute atomic E-state index is 11.0. The highest BCUT2D eigenvalue weighted by Crippen LogP contribution is 2.61. The highest BCUT2D eigenvalue weighted by Gasteiger charge is 2.54. The van der Waals surface area contributed by atoms with Crippen molar-refractivity contribution in [2.75, 3.05) is 39.8 Å². The summed E-state index contributed by atoms with van der Waals surface area (Å²) in [5, 5.41) is 11.0. The molecule has 3 heteroatoms. The molecule has 0 spiro atoms. The van der Waals surface area contributed by atoms with E-state index in [0.29, 0.717) is 5.41 Å². The van der Waals surface area contributed by atoms with Crippen molar-refractivity contribution in [2.45, 2.75) is 44.6 Å². The summed E-state index contributed by atoms with van der Waals surface area (Å²) in [6.07, 6.45) is 8.33. The van der Waals surface area contributed by atoms with Crippen molar-refractivity contribution in [3.8, 4) is 0 Å². The molecule has 4 bridgehead atoms. The van der Waals surface area contributed by atoms with Gasteiger partial charge in [-0.2, -0.15) is 0 Å². The summed E-state index contributed by atoms with van der Waals surface area (Å²) >= 11 is 0. The topological polar surface area (TPSA) is 26.7 Å². The molecule has 5 rings (SSSR count). The maximum Gasteiger partial charge on any atom is 0.0723 e. The molecular weight excluding hydrogens is 248 g/mol. The van der Waals surface area contributed by atoms with Gasteiger partial charge in [-0.15, -0.1) is 0 Å². The second-order valence-corrected chi connectivity index (χ2v) is 8.40. The highest BCUT2D eigenvalue weighted by atomic mass is 16.3. The molecule has 4 saturated carbocycles. The van der Waals surface area contributed by atoms with E-state index in [4.69, 9.17) is 0 Å². The van der Waals surface area contributed by atoms with Gasteiger partial charge in [0.25, 0.3) is 0 Å². The zero-order chi connectivity index (χ0) is 13.7. The van der Waals surface area contributed by atoms with E-state index in [1.165, 1.54) is 38.5 Å². The standard InChI is InChI=1S/C17H30N2O/c1-18-2-4-19(5-3-18)12-16(20)17-9-13-6-14(10-17)8-15(7-13)11-17/h13-16,20H,2-12H2,1H3. The van der Waals surface area contributed by atoms with E-state index < -0.39 is 0 Å². The van der Waals surface area contributed by atoms with E-state index in [-0.39, 0.29) is 6.10 Å². The van der Waals surface area contributed by atoms with Crippen LogP contribution in [-0.4, -0.2) is 60.8 Å². The Morgan fingerprint density at radius 1 is 0.950 bits per heavy atom. The summed E-state index contributed by atoms with van der Waals surface area (Å²) in [5.74, 6) is 2.84. The smallest absolute Gasteiger partial charge is 0.0723 e. The molecule has 0 aromatic heterocycles. The SMILES string of the molecule is CN1CCN(CC(O)C23CC4CC(CC(C4)C2)C3)CC1. The number of β-amino-alcohol motifs (C(OH)–C–C–N with tert-alkyl or cyclic N) is 1. The first-order valence-electron chi connectivity index (χ1n) is 8.72. The van der Waals surface area contributed by atoms with Crippen LogP contribution in [0.1, 0.15) is 38.5 Å². The Hall–Kier alpha value is -0.120. The van der Waals surface area contributed by atoms with Gasteiger partial charge in [-0.25, -0.2) is 0 Å². The van der Waals surface area contributed by atoms with E-state index in [9.17, 15) is 5.11 Å². The van der Waals surface area contributed by atoms with Crippen LogP contribution in [0.3, 0.4) is 0 Å². The lowest BCUT2D eigenvalue weighted by Crippen LogP contribution is -2.56. The van der Waals surface area contributed by atoms with Crippen LogP contribution >= 0.6 is 0 Å². The number of aliphatic hydroxyl groups excluding tert-OH is 1. The lowest BCUT2D eigenvalue weighted by Gasteiger charge is -2.59. The third-order valence-electron chi connectivity index (χ3n) is 6.82. The average Bonchev–Trinajstić information content (AvgIpc) is 2.40. The van der Waals surface area contributed by atoms with Gasteiger partial charge in [0.15, 0.2) is 0 Å². The second-order valence-electron chi connectivity index (χ2n) is 8.40. The number of nitrogens with zero attached hydrogens (tertiary/aromatic N) is 2. The van der Waals surface area contributed by atoms with Crippen molar-refractivity contribution in [3.63, 3.8) is 0 Å². The van der Waals surface area contributed by atoms with Gasteiger partial charge in [-0.1, -0.05) is 0 Å². The fraction of sp³-hybridized carbons (Fsp3) is 1.00. The van der Waals surface area contributed by atoms with Crippen LogP contribution in [-0.2, 0) is 0 Å². The summed E-state index contributed by atoms with van der Waals surface area (Å²) in [6.45, 7) is 5.53. The third kappa shape index (κ3) is 2.32. The minimum Gasteiger partial charge on any atom is -0.391 e. The van der Waals surface area contributed by atoms with Crippen molar-refractivity contribution < 1.29 is 5.11 Å². The highest BCUT2D eigenvalue weighted by molar-refractivity contribution is 5.04. The monoisotopic (exact) mass is 278 g/mol. The number of rotatable bonds is 3. The van der Waals surface area contributed by atoms with Crippen LogP contribution < -0.4 is 0 Å². The summed E-state index contributed by atoms with van der Waals surface area (Å²) in [5.41, 5.74) is 0.304. The minimum atomic E-state index is -0.0701. The van der Waals surface area contributed by atoms with E-state index in [0.717, 1.165) is 50.5 Å². The fourth-order valence-electron chi connectivity index (χ4n) is 6.05. The lowest BCUT2D eigenvalue weighted by molar-refractivity contribution is -0.128. The van der Waals surface area contributed by atoms with E-state index in [1.54, 1.807) is 0 Å². The van der Waals surface area contributed by atoms with Crippen molar-refractivity contribution >= 4 is 0 Å². The predicted molar refractivity (Wildman–Crippen MR) is 80.5 cm³/mol. The van der Waals surface area contributed by atoms with Crippen LogP contribution in [0.25, 0.3) is 0 Å². The van der Waals surface area contributed by atoms with Crippen LogP contribution in [0, 0.1) is 23.2 Å². The van der Waals surface area contributed by atoms with Gasteiger partial charge in [-0.05, 0) is 68.7 Å². The van der Waals surface area contributed by atoms with Gasteiger partial charge in [0.05, 0.1) is 6.10 Å². The second kappa shape index (κ2) is 4.96. The van der Waals surface area contributed by atoms with Crippen molar-refractivity contribution in [1.29, 1.82) is 0 Å². The van der Waals surface area contributed by atoms with E-state index in [2.05, 4.69) is 16.8 Å². The Balaban J connectivity index is 1.41. The Morgan fingerprint density at radius 2 is 1.45 bits per heavy atom. The summed E-state index contributed by atoms with van der Waals surface area (Å²) < 4.78 is 0. The van der Waals surface area contributed by atoms with Gasteiger partial charge in [0.2, 0.25) is 0 Å². The molecule has 1 atom stereocenters. The molecule has 1 N–H and O–H groups in total. The van der Waals surface area contributed by atoms with E-state index >= 15 is 0 Å². The Bertz CT molecular complexity index is 327. The molecule has 5 aliphatic rings. The van der Waals surface area contributed by atoms with Gasteiger partial charge in [-0.3, -0.25) is 4.90 Å². The number of piperazine rings is 1. The van der Waals surface area contributed by atoms with Crippen LogP contribution in [0.4, 0.5) is 0 Å². The number of likely N-dealkylation sites (N-methyl/N-ethyl adjacent to an activating group) is 1. The molecule has 1 aliphatic heterocycles. The van der Waals surface area contributed by atoms with Gasteiger partial charge >= 0.3 is 0 Å². The maximum atomic E-state index is 11.0. The first-order chi connectivity index (χ1) is 9.63. The van der Waals surface area contributed by atoms with Crippen molar-refractivity contribution in [1.82, 2.24) is 9.80 Å². The molecular formula is C17H30N2O. The van der Waals surface area contributed by atoms with E-state index in [1.807, 2.05) is 0 Å². The molecule has 0 aromatic carbocycles. The molecule has 20 heavy (non-hydrogen) atoms. The van der Waals surface area contributed by atoms with Crippen molar-refractivity contribution in [2.24, 2.45) is 23.2 Å². The largest absolute Gasteiger partial charge is 0.391 e. The Kier molecular flexibility index (Phi) is 3.36. The molecule has 0 radical (unpaired) electrons. The average molecular weight is 278 g/mol. The molecule has 1 heterocycles. The molecule has 1 unspecified atom stereocenters. The number of hydrogen-bond acceptors (Lipinski definition) is 3.